The highest BCUT2D eigenvalue weighted by atomic mass is 35.5. The van der Waals surface area contributed by atoms with Crippen molar-refractivity contribution in [3.8, 4) is 11.1 Å². The zero-order valence-electron chi connectivity index (χ0n) is 21.4. The van der Waals surface area contributed by atoms with Crippen LogP contribution in [0.2, 0.25) is 5.02 Å². The number of aromatic nitrogens is 1. The Morgan fingerprint density at radius 3 is 2.63 bits per heavy atom. The molecule has 2 aliphatic rings. The highest BCUT2D eigenvalue weighted by molar-refractivity contribution is 6.33. The van der Waals surface area contributed by atoms with Crippen molar-refractivity contribution in [2.75, 3.05) is 44.1 Å². The van der Waals surface area contributed by atoms with Crippen LogP contribution in [0, 0.1) is 5.41 Å². The standard InChI is InChI=1S/C28H41ClN4O2/c1-20(18-34-3)32-22-7-9-23(10-8-22)33-27-16-25(26(29)17-30-27)21-5-4-6-24(15-21)31-19-28(2)11-13-35-14-12-28/h4-6,15-17,20,22-23,31-32H,7-14,18-19H2,1-3H3,(H,30,33)/t20-,22-,23-/m1/s1. The summed E-state index contributed by atoms with van der Waals surface area (Å²) in [6, 6.07) is 12.0. The first-order valence-corrected chi connectivity index (χ1v) is 13.4. The van der Waals surface area contributed by atoms with Crippen LogP contribution in [0.5, 0.6) is 0 Å². The summed E-state index contributed by atoms with van der Waals surface area (Å²) in [7, 11) is 1.76. The van der Waals surface area contributed by atoms with Crippen molar-refractivity contribution >= 4 is 23.1 Å². The number of hydrogen-bond donors (Lipinski definition) is 3. The summed E-state index contributed by atoms with van der Waals surface area (Å²) in [5.74, 6) is 0.890. The summed E-state index contributed by atoms with van der Waals surface area (Å²) >= 11 is 6.60. The molecule has 2 heterocycles. The Labute approximate surface area is 215 Å². The Kier molecular flexibility index (Phi) is 9.28. The molecule has 0 radical (unpaired) electrons. The lowest BCUT2D eigenvalue weighted by molar-refractivity contribution is 0.0300. The lowest BCUT2D eigenvalue weighted by Gasteiger charge is -2.34. The predicted octanol–water partition coefficient (Wildman–Crippen LogP) is 5.98. The van der Waals surface area contributed by atoms with Crippen molar-refractivity contribution in [3.63, 3.8) is 0 Å². The van der Waals surface area contributed by atoms with Gasteiger partial charge in [-0.1, -0.05) is 30.7 Å². The summed E-state index contributed by atoms with van der Waals surface area (Å²) in [5.41, 5.74) is 3.50. The normalized spacial score (nSPS) is 23.0. The molecule has 6 nitrogen and oxygen atoms in total. The van der Waals surface area contributed by atoms with E-state index >= 15 is 0 Å². The van der Waals surface area contributed by atoms with Gasteiger partial charge in [0, 0.05) is 62.4 Å². The van der Waals surface area contributed by atoms with Gasteiger partial charge in [0.15, 0.2) is 0 Å². The summed E-state index contributed by atoms with van der Waals surface area (Å²) < 4.78 is 10.8. The van der Waals surface area contributed by atoms with Crippen molar-refractivity contribution in [1.29, 1.82) is 0 Å². The van der Waals surface area contributed by atoms with Crippen molar-refractivity contribution in [1.82, 2.24) is 10.3 Å². The van der Waals surface area contributed by atoms with Gasteiger partial charge in [-0.3, -0.25) is 0 Å². The van der Waals surface area contributed by atoms with Gasteiger partial charge in [0.25, 0.3) is 0 Å². The van der Waals surface area contributed by atoms with Gasteiger partial charge in [-0.25, -0.2) is 4.98 Å². The second kappa shape index (κ2) is 12.4. The molecule has 2 aromatic rings. The van der Waals surface area contributed by atoms with Gasteiger partial charge < -0.3 is 25.4 Å². The molecule has 0 amide bonds. The molecule has 1 aliphatic heterocycles. The zero-order chi connectivity index (χ0) is 24.7. The molecule has 0 spiro atoms. The van der Waals surface area contributed by atoms with Crippen LogP contribution in [0.25, 0.3) is 11.1 Å². The van der Waals surface area contributed by atoms with Gasteiger partial charge in [-0.15, -0.1) is 0 Å². The summed E-state index contributed by atoms with van der Waals surface area (Å²) in [6.07, 6.45) is 8.52. The molecule has 7 heteroatoms. The van der Waals surface area contributed by atoms with E-state index < -0.39 is 0 Å². The molecule has 2 fully saturated rings. The molecule has 1 aromatic carbocycles. The Morgan fingerprint density at radius 2 is 1.89 bits per heavy atom. The van der Waals surface area contributed by atoms with E-state index in [2.05, 4.69) is 65.1 Å². The monoisotopic (exact) mass is 500 g/mol. The molecular weight excluding hydrogens is 460 g/mol. The van der Waals surface area contributed by atoms with Crippen LogP contribution in [-0.4, -0.2) is 56.6 Å². The Bertz CT molecular complexity index is 942. The van der Waals surface area contributed by atoms with Crippen LogP contribution in [0.3, 0.4) is 0 Å². The van der Waals surface area contributed by atoms with E-state index in [1.807, 2.05) is 0 Å². The third-order valence-corrected chi connectivity index (χ3v) is 7.77. The lowest BCUT2D eigenvalue weighted by Crippen LogP contribution is -2.42. The minimum absolute atomic E-state index is 0.274. The average molecular weight is 501 g/mol. The van der Waals surface area contributed by atoms with Crippen LogP contribution in [-0.2, 0) is 9.47 Å². The molecule has 1 aliphatic carbocycles. The molecule has 1 saturated carbocycles. The number of ether oxygens (including phenoxy) is 2. The van der Waals surface area contributed by atoms with Crippen LogP contribution < -0.4 is 16.0 Å². The van der Waals surface area contributed by atoms with Crippen LogP contribution in [0.1, 0.15) is 52.4 Å². The van der Waals surface area contributed by atoms with E-state index in [1.165, 1.54) is 0 Å². The first kappa shape index (κ1) is 26.2. The van der Waals surface area contributed by atoms with Crippen LogP contribution in [0.4, 0.5) is 11.5 Å². The maximum Gasteiger partial charge on any atom is 0.126 e. The molecular formula is C28H41ClN4O2. The molecule has 35 heavy (non-hydrogen) atoms. The zero-order valence-corrected chi connectivity index (χ0v) is 22.2. The molecule has 192 valence electrons. The largest absolute Gasteiger partial charge is 0.384 e. The van der Waals surface area contributed by atoms with Crippen LogP contribution >= 0.6 is 11.6 Å². The van der Waals surface area contributed by atoms with Crippen molar-refractivity contribution < 1.29 is 9.47 Å². The Hall–Kier alpha value is -1.86. The molecule has 0 unspecified atom stereocenters. The van der Waals surface area contributed by atoms with Crippen molar-refractivity contribution in [2.45, 2.75) is 70.5 Å². The minimum Gasteiger partial charge on any atom is -0.384 e. The third-order valence-electron chi connectivity index (χ3n) is 7.46. The summed E-state index contributed by atoms with van der Waals surface area (Å²) in [4.78, 5) is 4.58. The molecule has 3 N–H and O–H groups in total. The number of nitrogens with one attached hydrogen (secondary N) is 3. The first-order valence-electron chi connectivity index (χ1n) is 13.0. The fourth-order valence-electron chi connectivity index (χ4n) is 5.21. The van der Waals surface area contributed by atoms with Gasteiger partial charge in [0.1, 0.15) is 5.82 Å². The van der Waals surface area contributed by atoms with E-state index in [0.29, 0.717) is 23.1 Å². The quantitative estimate of drug-likeness (QED) is 0.373. The fourth-order valence-corrected chi connectivity index (χ4v) is 5.42. The maximum atomic E-state index is 6.60. The second-order valence-corrected chi connectivity index (χ2v) is 11.0. The van der Waals surface area contributed by atoms with Gasteiger partial charge in [-0.2, -0.15) is 0 Å². The van der Waals surface area contributed by atoms with E-state index in [0.717, 1.165) is 87.5 Å². The smallest absolute Gasteiger partial charge is 0.126 e. The van der Waals surface area contributed by atoms with E-state index in [9.17, 15) is 0 Å². The minimum atomic E-state index is 0.274. The number of benzene rings is 1. The Morgan fingerprint density at radius 1 is 1.14 bits per heavy atom. The molecule has 1 atom stereocenters. The number of methoxy groups -OCH3 is 1. The summed E-state index contributed by atoms with van der Waals surface area (Å²) in [5, 5.41) is 11.7. The van der Waals surface area contributed by atoms with E-state index in [4.69, 9.17) is 21.1 Å². The first-order chi connectivity index (χ1) is 16.9. The van der Waals surface area contributed by atoms with Crippen molar-refractivity contribution in [3.05, 3.63) is 41.6 Å². The number of hydrogen-bond acceptors (Lipinski definition) is 6. The predicted molar refractivity (Wildman–Crippen MR) is 145 cm³/mol. The van der Waals surface area contributed by atoms with Gasteiger partial charge in [-0.05, 0) is 74.6 Å². The fraction of sp³-hybridized carbons (Fsp3) is 0.607. The lowest BCUT2D eigenvalue weighted by atomic mass is 9.82. The molecule has 4 rings (SSSR count). The van der Waals surface area contributed by atoms with Gasteiger partial charge in [0.05, 0.1) is 11.6 Å². The Balaban J connectivity index is 1.36. The van der Waals surface area contributed by atoms with Gasteiger partial charge >= 0.3 is 0 Å². The number of anilines is 2. The van der Waals surface area contributed by atoms with E-state index in [-0.39, 0.29) is 5.41 Å². The highest BCUT2D eigenvalue weighted by Crippen LogP contribution is 2.33. The number of rotatable bonds is 10. The third kappa shape index (κ3) is 7.56. The molecule has 1 aromatic heterocycles. The highest BCUT2D eigenvalue weighted by Gasteiger charge is 2.27. The average Bonchev–Trinajstić information content (AvgIpc) is 2.86. The number of nitrogens with zero attached hydrogens (tertiary/aromatic N) is 1. The SMILES string of the molecule is COC[C@@H](C)N[C@H]1CC[C@H](Nc2cc(-c3cccc(NCC4(C)CCOCC4)c3)c(Cl)cn2)CC1. The van der Waals surface area contributed by atoms with Gasteiger partial charge in [0.2, 0.25) is 0 Å². The van der Waals surface area contributed by atoms with Crippen LogP contribution in [0.15, 0.2) is 36.5 Å². The second-order valence-electron chi connectivity index (χ2n) is 10.6. The number of pyridine rings is 1. The molecule has 1 saturated heterocycles. The van der Waals surface area contributed by atoms with E-state index in [1.54, 1.807) is 13.3 Å². The summed E-state index contributed by atoms with van der Waals surface area (Å²) in [6.45, 7) is 7.92. The molecule has 0 bridgehead atoms. The maximum absolute atomic E-state index is 6.60. The topological polar surface area (TPSA) is 67.4 Å². The van der Waals surface area contributed by atoms with Crippen molar-refractivity contribution in [2.24, 2.45) is 5.41 Å². The number of halogens is 1.